The molecule has 1 spiro atoms. The molecule has 0 radical (unpaired) electrons. The minimum Gasteiger partial charge on any atom is -0.487 e. The van der Waals surface area contributed by atoms with Crippen molar-refractivity contribution in [2.45, 2.75) is 57.6 Å². The van der Waals surface area contributed by atoms with Gasteiger partial charge in [0, 0.05) is 88.1 Å². The topological polar surface area (TPSA) is 83.8 Å². The molecule has 0 atom stereocenters. The highest BCUT2D eigenvalue weighted by Crippen LogP contribution is 2.41. The quantitative estimate of drug-likeness (QED) is 0.357. The number of hydrogen-bond donors (Lipinski definition) is 1. The van der Waals surface area contributed by atoms with E-state index in [2.05, 4.69) is 62.2 Å². The van der Waals surface area contributed by atoms with Crippen LogP contribution in [-0.4, -0.2) is 96.4 Å². The second kappa shape index (κ2) is 13.7. The van der Waals surface area contributed by atoms with Crippen molar-refractivity contribution in [3.63, 3.8) is 0 Å². The van der Waals surface area contributed by atoms with Crippen LogP contribution < -0.4 is 15.0 Å². The Bertz CT molecular complexity index is 1560. The first-order valence-corrected chi connectivity index (χ1v) is 17.6. The van der Waals surface area contributed by atoms with Gasteiger partial charge in [0.25, 0.3) is 0 Å². The summed E-state index contributed by atoms with van der Waals surface area (Å²) in [6.45, 7) is 15.6. The number of hydrogen-bond acceptors (Lipinski definition) is 9. The molecule has 4 aliphatic rings. The average molecular weight is 655 g/mol. The fraction of sp³-hybridized carbons (Fsp3) is 0.541. The second-order valence-corrected chi connectivity index (χ2v) is 14.8. The van der Waals surface area contributed by atoms with Crippen LogP contribution >= 0.6 is 11.6 Å². The van der Waals surface area contributed by atoms with Crippen molar-refractivity contribution < 1.29 is 4.74 Å². The van der Waals surface area contributed by atoms with Crippen molar-refractivity contribution in [2.24, 2.45) is 5.41 Å². The first-order chi connectivity index (χ1) is 22.8. The Balaban J connectivity index is 0.876. The monoisotopic (exact) mass is 654 g/mol. The molecule has 10 heteroatoms. The number of rotatable bonds is 8. The smallest absolute Gasteiger partial charge is 0.225 e. The van der Waals surface area contributed by atoms with E-state index < -0.39 is 0 Å². The summed E-state index contributed by atoms with van der Waals surface area (Å²) < 4.78 is 6.14. The molecule has 7 rings (SSSR count). The Hall–Kier alpha value is -3.26. The number of hydrazine groups is 1. The van der Waals surface area contributed by atoms with Gasteiger partial charge in [0.1, 0.15) is 12.4 Å². The van der Waals surface area contributed by atoms with Gasteiger partial charge in [-0.2, -0.15) is 5.26 Å². The number of ether oxygens (including phenoxy) is 1. The Morgan fingerprint density at radius 2 is 1.60 bits per heavy atom. The van der Waals surface area contributed by atoms with E-state index in [0.29, 0.717) is 22.6 Å². The van der Waals surface area contributed by atoms with E-state index in [0.717, 1.165) is 73.8 Å². The zero-order valence-corrected chi connectivity index (χ0v) is 28.6. The molecule has 3 saturated heterocycles. The van der Waals surface area contributed by atoms with Gasteiger partial charge in [-0.15, -0.1) is 0 Å². The summed E-state index contributed by atoms with van der Waals surface area (Å²) >= 11 is 6.29. The van der Waals surface area contributed by atoms with E-state index in [9.17, 15) is 5.26 Å². The van der Waals surface area contributed by atoms with Gasteiger partial charge in [0.15, 0.2) is 0 Å². The second-order valence-electron chi connectivity index (χ2n) is 14.4. The van der Waals surface area contributed by atoms with Crippen LogP contribution in [0.25, 0.3) is 0 Å². The molecule has 0 bridgehead atoms. The first-order valence-electron chi connectivity index (χ1n) is 17.3. The van der Waals surface area contributed by atoms with Crippen molar-refractivity contribution in [3.05, 3.63) is 82.1 Å². The van der Waals surface area contributed by atoms with Crippen molar-refractivity contribution in [1.82, 2.24) is 30.2 Å². The predicted molar refractivity (Wildman–Crippen MR) is 186 cm³/mol. The molecular formula is C37H47ClN8O. The van der Waals surface area contributed by atoms with E-state index in [1.165, 1.54) is 51.9 Å². The molecule has 248 valence electrons. The summed E-state index contributed by atoms with van der Waals surface area (Å²) in [5, 5.41) is 18.6. The fourth-order valence-electron chi connectivity index (χ4n) is 7.87. The lowest BCUT2D eigenvalue weighted by molar-refractivity contribution is -0.0733. The normalized spacial score (nSPS) is 21.4. The van der Waals surface area contributed by atoms with E-state index in [4.69, 9.17) is 21.3 Å². The Morgan fingerprint density at radius 3 is 2.23 bits per heavy atom. The zero-order chi connectivity index (χ0) is 32.4. The van der Waals surface area contributed by atoms with Crippen LogP contribution in [0.5, 0.6) is 5.75 Å². The van der Waals surface area contributed by atoms with Crippen molar-refractivity contribution >= 4 is 17.5 Å². The third-order valence-corrected chi connectivity index (χ3v) is 11.4. The Labute approximate surface area is 284 Å². The fourth-order valence-corrected chi connectivity index (χ4v) is 8.11. The van der Waals surface area contributed by atoms with E-state index >= 15 is 0 Å². The molecule has 47 heavy (non-hydrogen) atoms. The zero-order valence-electron chi connectivity index (χ0n) is 27.8. The average Bonchev–Trinajstić information content (AvgIpc) is 3.10. The molecule has 1 aliphatic carbocycles. The van der Waals surface area contributed by atoms with Crippen LogP contribution in [0.15, 0.2) is 54.7 Å². The van der Waals surface area contributed by atoms with Crippen LogP contribution in [0.1, 0.15) is 61.9 Å². The van der Waals surface area contributed by atoms with Gasteiger partial charge in [-0.25, -0.2) is 20.0 Å². The van der Waals surface area contributed by atoms with Gasteiger partial charge in [-0.05, 0) is 78.6 Å². The molecule has 0 amide bonds. The Morgan fingerprint density at radius 1 is 0.915 bits per heavy atom. The highest BCUT2D eigenvalue weighted by atomic mass is 35.5. The van der Waals surface area contributed by atoms with Crippen LogP contribution in [0, 0.1) is 16.7 Å². The summed E-state index contributed by atoms with van der Waals surface area (Å²) in [6.07, 6.45) is 7.42. The van der Waals surface area contributed by atoms with Gasteiger partial charge in [0.05, 0.1) is 17.3 Å². The summed E-state index contributed by atoms with van der Waals surface area (Å²) in [6, 6.07) is 18.6. The minimum atomic E-state index is -0.318. The number of nitrogens with zero attached hydrogens (tertiary/aromatic N) is 7. The van der Waals surface area contributed by atoms with E-state index in [1.807, 2.05) is 36.5 Å². The SMILES string of the molecule is CC(C)(c1ccc(OCc2ccnc(N3CCN(N4CCN(C5CCC6(CC5)CNC6)CC4)CC3)n2)cc1)c1cc(Cl)cc(C#N)c1. The van der Waals surface area contributed by atoms with Crippen molar-refractivity contribution in [3.8, 4) is 11.8 Å². The van der Waals surface area contributed by atoms with Crippen molar-refractivity contribution in [2.75, 3.05) is 70.3 Å². The van der Waals surface area contributed by atoms with Crippen LogP contribution in [0.3, 0.4) is 0 Å². The molecule has 9 nitrogen and oxygen atoms in total. The third kappa shape index (κ3) is 7.13. The number of piperazine rings is 2. The van der Waals surface area contributed by atoms with Gasteiger partial charge in [0.2, 0.25) is 5.95 Å². The molecule has 1 aromatic heterocycles. The van der Waals surface area contributed by atoms with Gasteiger partial charge < -0.3 is 15.0 Å². The Kier molecular flexibility index (Phi) is 9.41. The van der Waals surface area contributed by atoms with Crippen LogP contribution in [-0.2, 0) is 12.0 Å². The van der Waals surface area contributed by atoms with E-state index in [-0.39, 0.29) is 5.41 Å². The highest BCUT2D eigenvalue weighted by Gasteiger charge is 2.41. The summed E-state index contributed by atoms with van der Waals surface area (Å²) in [5.41, 5.74) is 3.87. The molecule has 3 aromatic rings. The lowest BCUT2D eigenvalue weighted by Crippen LogP contribution is -2.61. The predicted octanol–water partition coefficient (Wildman–Crippen LogP) is 5.09. The molecule has 2 aromatic carbocycles. The maximum atomic E-state index is 9.38. The summed E-state index contributed by atoms with van der Waals surface area (Å²) in [7, 11) is 0. The number of aromatic nitrogens is 2. The number of nitriles is 1. The van der Waals surface area contributed by atoms with Crippen LogP contribution in [0.2, 0.25) is 5.02 Å². The first kappa shape index (κ1) is 32.3. The van der Waals surface area contributed by atoms with Gasteiger partial charge >= 0.3 is 0 Å². The van der Waals surface area contributed by atoms with Gasteiger partial charge in [-0.3, -0.25) is 4.90 Å². The standard InChI is InChI=1S/C37H47ClN8O/c1-36(2,30-21-28(24-39)22-31(38)23-30)29-3-5-34(6-4-29)47-25-32-9-12-41-35(42-32)44-15-19-46(20-16-44)45-17-13-43(14-18-45)33-7-10-37(11-8-33)26-40-27-37/h3-6,9,12,21-23,33,40H,7-8,10-11,13-20,25-27H2,1-2H3. The minimum absolute atomic E-state index is 0.318. The summed E-state index contributed by atoms with van der Waals surface area (Å²) in [4.78, 5) is 14.5. The number of nitrogens with one attached hydrogen (secondary N) is 1. The van der Waals surface area contributed by atoms with Crippen LogP contribution in [0.4, 0.5) is 5.95 Å². The number of halogens is 1. The maximum absolute atomic E-state index is 9.38. The molecule has 1 saturated carbocycles. The lowest BCUT2D eigenvalue weighted by atomic mass is 9.68. The molecule has 0 unspecified atom stereocenters. The highest BCUT2D eigenvalue weighted by molar-refractivity contribution is 6.30. The number of benzene rings is 2. The third-order valence-electron chi connectivity index (χ3n) is 11.2. The lowest BCUT2D eigenvalue weighted by Gasteiger charge is -2.51. The maximum Gasteiger partial charge on any atom is 0.225 e. The molecule has 4 heterocycles. The molecular weight excluding hydrogens is 608 g/mol. The molecule has 3 aliphatic heterocycles. The summed E-state index contributed by atoms with van der Waals surface area (Å²) in [5.74, 6) is 1.56. The number of anilines is 1. The van der Waals surface area contributed by atoms with Crippen molar-refractivity contribution in [1.29, 1.82) is 5.26 Å². The van der Waals surface area contributed by atoms with Gasteiger partial charge in [-0.1, -0.05) is 37.6 Å². The molecule has 1 N–H and O–H groups in total. The molecule has 4 fully saturated rings. The largest absolute Gasteiger partial charge is 0.487 e. The van der Waals surface area contributed by atoms with E-state index in [1.54, 1.807) is 6.07 Å².